The van der Waals surface area contributed by atoms with Crippen molar-refractivity contribution in [2.45, 2.75) is 0 Å². The van der Waals surface area contributed by atoms with Gasteiger partial charge >= 0.3 is 0 Å². The molecule has 0 saturated heterocycles. The zero-order chi connectivity index (χ0) is 18.6. The van der Waals surface area contributed by atoms with Gasteiger partial charge in [-0.25, -0.2) is 13.2 Å². The number of benzene rings is 3. The van der Waals surface area contributed by atoms with E-state index in [2.05, 4.69) is 0 Å². The van der Waals surface area contributed by atoms with Crippen LogP contribution in [0.3, 0.4) is 0 Å². The minimum atomic E-state index is -1.80. The largest absolute Gasteiger partial charge is 0.450 e. The van der Waals surface area contributed by atoms with Crippen LogP contribution >= 0.6 is 0 Å². The molecule has 130 valence electrons. The van der Waals surface area contributed by atoms with Gasteiger partial charge in [0.25, 0.3) is 5.43 Å². The first-order valence-corrected chi connectivity index (χ1v) is 7.37. The Morgan fingerprint density at radius 3 is 2.15 bits per heavy atom. The lowest BCUT2D eigenvalue weighted by molar-refractivity contribution is 0.437. The zero-order valence-corrected chi connectivity index (χ0v) is 12.7. The van der Waals surface area contributed by atoms with Crippen LogP contribution in [0.1, 0.15) is 0 Å². The van der Waals surface area contributed by atoms with Crippen molar-refractivity contribution >= 4 is 11.0 Å². The molecule has 2 aromatic rings. The summed E-state index contributed by atoms with van der Waals surface area (Å²) < 4.78 is 74.6. The maximum Gasteiger partial charge on any atom is 0.254 e. The van der Waals surface area contributed by atoms with Crippen molar-refractivity contribution in [3.8, 4) is 22.5 Å². The molecule has 0 amide bonds. The topological polar surface area (TPSA) is 30.2 Å². The van der Waals surface area contributed by atoms with Gasteiger partial charge in [0.1, 0.15) is 0 Å². The Morgan fingerprint density at radius 1 is 0.769 bits per heavy atom. The van der Waals surface area contributed by atoms with E-state index in [-0.39, 0.29) is 22.1 Å². The molecule has 0 N–H and O–H groups in total. The van der Waals surface area contributed by atoms with Gasteiger partial charge < -0.3 is 4.42 Å². The molecule has 0 saturated carbocycles. The molecule has 1 heterocycles. The van der Waals surface area contributed by atoms with Crippen LogP contribution < -0.4 is 5.43 Å². The van der Waals surface area contributed by atoms with E-state index in [1.54, 1.807) is 18.2 Å². The summed E-state index contributed by atoms with van der Waals surface area (Å²) >= 11 is 0. The van der Waals surface area contributed by atoms with E-state index >= 15 is 0 Å². The third-order valence-electron chi connectivity index (χ3n) is 4.04. The summed E-state index contributed by atoms with van der Waals surface area (Å²) in [6.45, 7) is 0. The Balaban J connectivity index is 2.23. The van der Waals surface area contributed by atoms with Crippen molar-refractivity contribution in [2.75, 3.05) is 0 Å². The lowest BCUT2D eigenvalue weighted by Crippen LogP contribution is -2.16. The van der Waals surface area contributed by atoms with E-state index in [1.165, 1.54) is 12.1 Å². The van der Waals surface area contributed by atoms with Gasteiger partial charge in [-0.05, 0) is 17.7 Å². The molecular weight excluding hydrogens is 355 g/mol. The molecule has 0 bridgehead atoms. The van der Waals surface area contributed by atoms with E-state index in [9.17, 15) is 26.7 Å². The van der Waals surface area contributed by atoms with Crippen molar-refractivity contribution in [1.82, 2.24) is 0 Å². The van der Waals surface area contributed by atoms with Crippen molar-refractivity contribution in [1.29, 1.82) is 0 Å². The standard InChI is InChI=1S/C19H7F5O2/c20-11-7-9-6-10-12(8-4-2-1-3-5-8)14(22)17(25)16(24)19(10)26-18(9)15(23)13(11)21/h1-7H. The molecule has 0 atom stereocenters. The van der Waals surface area contributed by atoms with Crippen LogP contribution in [0.5, 0.6) is 0 Å². The maximum atomic E-state index is 14.5. The maximum absolute atomic E-state index is 14.5. The van der Waals surface area contributed by atoms with Crippen LogP contribution in [-0.4, -0.2) is 0 Å². The molecule has 2 aromatic carbocycles. The lowest BCUT2D eigenvalue weighted by Gasteiger charge is -2.14. The normalized spacial score (nSPS) is 11.4. The Kier molecular flexibility index (Phi) is 3.54. The predicted octanol–water partition coefficient (Wildman–Crippen LogP) is 5.26. The highest BCUT2D eigenvalue weighted by atomic mass is 19.2. The molecule has 0 aromatic heterocycles. The van der Waals surface area contributed by atoms with Crippen LogP contribution in [0.4, 0.5) is 22.0 Å². The number of hydrogen-bond acceptors (Lipinski definition) is 2. The molecule has 1 aliphatic carbocycles. The fraction of sp³-hybridized carbons (Fsp3) is 0. The van der Waals surface area contributed by atoms with Crippen LogP contribution in [-0.2, 0) is 0 Å². The Hall–Kier alpha value is -3.22. The number of halogens is 5. The summed E-state index contributed by atoms with van der Waals surface area (Å²) in [6.07, 6.45) is 0. The van der Waals surface area contributed by atoms with E-state index in [0.717, 1.165) is 6.07 Å². The number of rotatable bonds is 1. The summed E-state index contributed by atoms with van der Waals surface area (Å²) in [7, 11) is 0. The summed E-state index contributed by atoms with van der Waals surface area (Å²) in [4.78, 5) is 11.9. The second-order valence-corrected chi connectivity index (χ2v) is 5.59. The Labute approximate surface area is 142 Å². The SMILES string of the molecule is O=c1c(F)c2oc3c(F)c(F)c(F)cc3cc-2c(-c2ccccc2)c1F. The molecule has 2 aliphatic rings. The lowest BCUT2D eigenvalue weighted by atomic mass is 9.94. The van der Waals surface area contributed by atoms with Gasteiger partial charge in [-0.2, -0.15) is 8.78 Å². The van der Waals surface area contributed by atoms with Gasteiger partial charge in [0.2, 0.25) is 11.6 Å². The fourth-order valence-electron chi connectivity index (χ4n) is 2.85. The molecule has 0 unspecified atom stereocenters. The van der Waals surface area contributed by atoms with Crippen molar-refractivity contribution in [3.63, 3.8) is 0 Å². The average molecular weight is 362 g/mol. The first kappa shape index (κ1) is 16.3. The van der Waals surface area contributed by atoms with Gasteiger partial charge in [0, 0.05) is 16.5 Å². The smallest absolute Gasteiger partial charge is 0.254 e. The highest BCUT2D eigenvalue weighted by Gasteiger charge is 2.28. The second kappa shape index (κ2) is 5.66. The van der Waals surface area contributed by atoms with E-state index in [4.69, 9.17) is 4.42 Å². The minimum absolute atomic E-state index is 0.205. The van der Waals surface area contributed by atoms with E-state index in [1.807, 2.05) is 0 Å². The number of hydrogen-bond donors (Lipinski definition) is 0. The first-order valence-electron chi connectivity index (χ1n) is 7.37. The summed E-state index contributed by atoms with van der Waals surface area (Å²) in [6, 6.07) is 9.44. The van der Waals surface area contributed by atoms with Crippen molar-refractivity contribution in [3.05, 3.63) is 81.8 Å². The molecule has 0 spiro atoms. The molecule has 26 heavy (non-hydrogen) atoms. The molecule has 0 radical (unpaired) electrons. The quantitative estimate of drug-likeness (QED) is 0.263. The Morgan fingerprint density at radius 2 is 1.46 bits per heavy atom. The summed E-state index contributed by atoms with van der Waals surface area (Å²) in [5, 5.41) is -0.247. The molecule has 2 nitrogen and oxygen atoms in total. The van der Waals surface area contributed by atoms with Gasteiger partial charge in [-0.3, -0.25) is 4.79 Å². The summed E-state index contributed by atoms with van der Waals surface area (Å²) in [5.74, 6) is -8.63. The molecule has 0 fully saturated rings. The van der Waals surface area contributed by atoms with Gasteiger partial charge in [0.15, 0.2) is 28.8 Å². The van der Waals surface area contributed by atoms with Crippen LogP contribution in [0, 0.1) is 29.1 Å². The predicted molar refractivity (Wildman–Crippen MR) is 84.3 cm³/mol. The summed E-state index contributed by atoms with van der Waals surface area (Å²) in [5.41, 5.74) is -2.58. The number of fused-ring (bicyclic) bond motifs is 2. The average Bonchev–Trinajstić information content (AvgIpc) is 2.65. The van der Waals surface area contributed by atoms with Crippen LogP contribution in [0.25, 0.3) is 33.4 Å². The van der Waals surface area contributed by atoms with Crippen LogP contribution in [0.15, 0.2) is 51.7 Å². The van der Waals surface area contributed by atoms with Crippen LogP contribution in [0.2, 0.25) is 0 Å². The molecular formula is C19H7F5O2. The third-order valence-corrected chi connectivity index (χ3v) is 4.04. The van der Waals surface area contributed by atoms with E-state index in [0.29, 0.717) is 6.07 Å². The fourth-order valence-corrected chi connectivity index (χ4v) is 2.85. The Bertz CT molecular complexity index is 1200. The highest BCUT2D eigenvalue weighted by molar-refractivity contribution is 5.90. The minimum Gasteiger partial charge on any atom is -0.450 e. The molecule has 7 heteroatoms. The van der Waals surface area contributed by atoms with E-state index < -0.39 is 45.9 Å². The molecule has 1 aliphatic heterocycles. The third kappa shape index (κ3) is 2.20. The van der Waals surface area contributed by atoms with Gasteiger partial charge in [-0.1, -0.05) is 30.3 Å². The van der Waals surface area contributed by atoms with Gasteiger partial charge in [-0.15, -0.1) is 0 Å². The second-order valence-electron chi connectivity index (χ2n) is 5.59. The molecule has 4 rings (SSSR count). The van der Waals surface area contributed by atoms with Crippen molar-refractivity contribution in [2.24, 2.45) is 0 Å². The first-order chi connectivity index (χ1) is 12.4. The monoisotopic (exact) mass is 362 g/mol. The highest BCUT2D eigenvalue weighted by Crippen LogP contribution is 2.39. The zero-order valence-electron chi connectivity index (χ0n) is 12.7. The van der Waals surface area contributed by atoms with Crippen molar-refractivity contribution < 1.29 is 26.4 Å². The van der Waals surface area contributed by atoms with Gasteiger partial charge in [0.05, 0.1) is 0 Å².